The van der Waals surface area contributed by atoms with Crippen molar-refractivity contribution in [1.29, 1.82) is 0 Å². The highest BCUT2D eigenvalue weighted by atomic mass is 16.7. The Bertz CT molecular complexity index is 952. The van der Waals surface area contributed by atoms with Crippen molar-refractivity contribution in [3.05, 3.63) is 23.8 Å². The molecule has 0 aliphatic carbocycles. The number of hydrogen-bond acceptors (Lipinski definition) is 15. The van der Waals surface area contributed by atoms with E-state index in [-0.39, 0.29) is 11.3 Å². The first kappa shape index (κ1) is 29.0. The first-order valence-electron chi connectivity index (χ1n) is 11.1. The van der Waals surface area contributed by atoms with E-state index in [0.717, 1.165) is 12.1 Å². The Morgan fingerprint density at radius 1 is 0.892 bits per heavy atom. The van der Waals surface area contributed by atoms with Crippen LogP contribution in [0.15, 0.2) is 18.2 Å². The van der Waals surface area contributed by atoms with Gasteiger partial charge >= 0.3 is 5.97 Å². The van der Waals surface area contributed by atoms with Crippen molar-refractivity contribution in [1.82, 2.24) is 0 Å². The van der Waals surface area contributed by atoms with Gasteiger partial charge in [-0.05, 0) is 23.8 Å². The summed E-state index contributed by atoms with van der Waals surface area (Å²) in [7, 11) is 1.26. The molecule has 1 aromatic carbocycles. The molecule has 15 heteroatoms. The number of benzene rings is 1. The maximum absolute atomic E-state index is 12.3. The second-order valence-electron chi connectivity index (χ2n) is 8.41. The standard InChI is InChI=1S/C22H30O15/c1-33-10-5-8(4-9(24)14(10)26)2-3-13(25)37-22-20(32)18(30)16(28)12(36-22)7-34-21-19(31)17(29)15(27)11(6-23)35-21/h2-5,11-12,15-24,26-32H,6-7H2,1H3/b3-2+/t11-,12-,15-,16-,17+,18+,19-,20-,21-,22+/m1/s1. The van der Waals surface area contributed by atoms with Gasteiger partial charge in [0.25, 0.3) is 0 Å². The van der Waals surface area contributed by atoms with Gasteiger partial charge in [-0.15, -0.1) is 0 Å². The van der Waals surface area contributed by atoms with Gasteiger partial charge in [0.2, 0.25) is 12.0 Å². The summed E-state index contributed by atoms with van der Waals surface area (Å²) >= 11 is 0. The van der Waals surface area contributed by atoms with Gasteiger partial charge in [0.15, 0.2) is 17.8 Å². The number of carbonyl (C=O) groups excluding carboxylic acids is 1. The van der Waals surface area contributed by atoms with E-state index in [1.807, 2.05) is 0 Å². The van der Waals surface area contributed by atoms with Crippen LogP contribution in [0, 0.1) is 0 Å². The Morgan fingerprint density at radius 2 is 1.49 bits per heavy atom. The van der Waals surface area contributed by atoms with Crippen LogP contribution in [0.4, 0.5) is 0 Å². The van der Waals surface area contributed by atoms with Crippen LogP contribution in [0.5, 0.6) is 17.2 Å². The van der Waals surface area contributed by atoms with E-state index in [4.69, 9.17) is 23.7 Å². The van der Waals surface area contributed by atoms with E-state index in [1.165, 1.54) is 19.3 Å². The molecule has 2 aliphatic rings. The first-order chi connectivity index (χ1) is 17.5. The lowest BCUT2D eigenvalue weighted by molar-refractivity contribution is -0.326. The van der Waals surface area contributed by atoms with Crippen LogP contribution in [-0.4, -0.2) is 134 Å². The van der Waals surface area contributed by atoms with Crippen LogP contribution >= 0.6 is 0 Å². The average Bonchev–Trinajstić information content (AvgIpc) is 2.88. The van der Waals surface area contributed by atoms with Crippen molar-refractivity contribution in [2.75, 3.05) is 20.3 Å². The summed E-state index contributed by atoms with van der Waals surface area (Å²) in [5.74, 6) is -2.10. The zero-order valence-corrected chi connectivity index (χ0v) is 19.5. The summed E-state index contributed by atoms with van der Waals surface area (Å²) < 4.78 is 25.7. The highest BCUT2D eigenvalue weighted by molar-refractivity contribution is 5.87. The van der Waals surface area contributed by atoms with E-state index >= 15 is 0 Å². The lowest BCUT2D eigenvalue weighted by Crippen LogP contribution is -2.61. The van der Waals surface area contributed by atoms with Crippen molar-refractivity contribution in [3.8, 4) is 17.2 Å². The van der Waals surface area contributed by atoms with Gasteiger partial charge in [0, 0.05) is 6.08 Å². The van der Waals surface area contributed by atoms with Gasteiger partial charge in [-0.2, -0.15) is 0 Å². The summed E-state index contributed by atoms with van der Waals surface area (Å²) in [5, 5.41) is 88.9. The Labute approximate surface area is 209 Å². The fourth-order valence-electron chi connectivity index (χ4n) is 3.73. The Hall–Kier alpha value is -2.57. The molecule has 0 aromatic heterocycles. The Balaban J connectivity index is 1.63. The average molecular weight is 534 g/mol. The van der Waals surface area contributed by atoms with Gasteiger partial charge in [-0.3, -0.25) is 0 Å². The van der Waals surface area contributed by atoms with Crippen LogP contribution in [0.3, 0.4) is 0 Å². The molecule has 0 radical (unpaired) electrons. The van der Waals surface area contributed by atoms with Crippen molar-refractivity contribution in [2.24, 2.45) is 0 Å². The van der Waals surface area contributed by atoms with Crippen LogP contribution < -0.4 is 4.74 Å². The second kappa shape index (κ2) is 12.3. The van der Waals surface area contributed by atoms with E-state index in [0.29, 0.717) is 0 Å². The summed E-state index contributed by atoms with van der Waals surface area (Å²) in [6.45, 7) is -1.29. The smallest absolute Gasteiger partial charge is 0.333 e. The van der Waals surface area contributed by atoms with E-state index in [1.54, 1.807) is 0 Å². The lowest BCUT2D eigenvalue weighted by atomic mass is 9.98. The zero-order chi connectivity index (χ0) is 27.4. The van der Waals surface area contributed by atoms with Crippen molar-refractivity contribution in [2.45, 2.75) is 61.4 Å². The number of esters is 1. The second-order valence-corrected chi connectivity index (χ2v) is 8.41. The number of aromatic hydroxyl groups is 2. The lowest BCUT2D eigenvalue weighted by Gasteiger charge is -2.42. The molecule has 0 amide bonds. The highest BCUT2D eigenvalue weighted by Crippen LogP contribution is 2.36. The maximum atomic E-state index is 12.3. The molecule has 3 rings (SSSR count). The topological polar surface area (TPSA) is 245 Å². The molecule has 10 atom stereocenters. The van der Waals surface area contributed by atoms with Gasteiger partial charge in [0.1, 0.15) is 48.8 Å². The minimum Gasteiger partial charge on any atom is -0.504 e. The normalized spacial score (nSPS) is 36.4. The number of methoxy groups -OCH3 is 1. The predicted molar refractivity (Wildman–Crippen MR) is 118 cm³/mol. The number of phenols is 2. The number of ether oxygens (including phenoxy) is 5. The SMILES string of the molecule is COc1cc(/C=C/C(=O)O[C@@H]2O[C@H](CO[C@@H]3O[C@H](CO)[C@@H](O)[C@H](O)[C@H]3O)[C@@H](O)[C@H](O)[C@H]2O)cc(O)c1O. The van der Waals surface area contributed by atoms with Gasteiger partial charge in [0.05, 0.1) is 20.3 Å². The molecule has 2 fully saturated rings. The molecular weight excluding hydrogens is 504 g/mol. The minimum absolute atomic E-state index is 0.0570. The van der Waals surface area contributed by atoms with E-state index in [2.05, 4.69) is 0 Å². The van der Waals surface area contributed by atoms with Gasteiger partial charge in [-0.1, -0.05) is 0 Å². The molecule has 1 aromatic rings. The molecule has 37 heavy (non-hydrogen) atoms. The van der Waals surface area contributed by atoms with Crippen molar-refractivity contribution in [3.63, 3.8) is 0 Å². The largest absolute Gasteiger partial charge is 0.504 e. The molecule has 0 unspecified atom stereocenters. The molecule has 2 aliphatic heterocycles. The Kier molecular flexibility index (Phi) is 9.65. The summed E-state index contributed by atoms with van der Waals surface area (Å²) in [6.07, 6.45) is -14.3. The van der Waals surface area contributed by atoms with Crippen LogP contribution in [-0.2, 0) is 23.7 Å². The Morgan fingerprint density at radius 3 is 2.11 bits per heavy atom. The first-order valence-corrected chi connectivity index (χ1v) is 11.1. The molecule has 0 saturated carbocycles. The monoisotopic (exact) mass is 534 g/mol. The minimum atomic E-state index is -1.85. The third-order valence-corrected chi connectivity index (χ3v) is 5.88. The van der Waals surface area contributed by atoms with E-state index in [9.17, 15) is 50.8 Å². The number of aliphatic hydroxyl groups excluding tert-OH is 7. The third-order valence-electron chi connectivity index (χ3n) is 5.88. The molecule has 0 bridgehead atoms. The summed E-state index contributed by atoms with van der Waals surface area (Å²) in [5.41, 5.74) is 0.246. The molecule has 0 spiro atoms. The molecule has 2 saturated heterocycles. The quantitative estimate of drug-likeness (QED) is 0.0884. The van der Waals surface area contributed by atoms with Crippen LogP contribution in [0.25, 0.3) is 6.08 Å². The summed E-state index contributed by atoms with van der Waals surface area (Å²) in [4.78, 5) is 12.3. The number of phenolic OH excluding ortho intramolecular Hbond substituents is 2. The number of aliphatic hydroxyl groups is 7. The fraction of sp³-hybridized carbons (Fsp3) is 0.591. The molecule has 15 nitrogen and oxygen atoms in total. The van der Waals surface area contributed by atoms with Crippen molar-refractivity contribution < 1.29 is 74.4 Å². The molecule has 2 heterocycles. The molecule has 208 valence electrons. The number of rotatable bonds is 8. The highest BCUT2D eigenvalue weighted by Gasteiger charge is 2.48. The van der Waals surface area contributed by atoms with Crippen LogP contribution in [0.1, 0.15) is 5.56 Å². The van der Waals surface area contributed by atoms with E-state index < -0.39 is 92.1 Å². The molecular formula is C22H30O15. The van der Waals surface area contributed by atoms with Crippen molar-refractivity contribution >= 4 is 12.0 Å². The maximum Gasteiger partial charge on any atom is 0.333 e. The molecule has 9 N–H and O–H groups in total. The number of hydrogen-bond donors (Lipinski definition) is 9. The van der Waals surface area contributed by atoms with Crippen LogP contribution in [0.2, 0.25) is 0 Å². The zero-order valence-electron chi connectivity index (χ0n) is 19.5. The van der Waals surface area contributed by atoms with Gasteiger partial charge in [-0.25, -0.2) is 4.79 Å². The fourth-order valence-corrected chi connectivity index (χ4v) is 3.73. The van der Waals surface area contributed by atoms with Gasteiger partial charge < -0.3 is 69.6 Å². The third kappa shape index (κ3) is 6.47. The summed E-state index contributed by atoms with van der Waals surface area (Å²) in [6, 6.07) is 2.46. The number of carbonyl (C=O) groups is 1. The predicted octanol–water partition coefficient (Wildman–Crippen LogP) is -3.71.